The number of amides is 1. The number of carbonyl (C=O) groups excluding carboxylic acids is 1. The molecule has 1 amide bonds. The van der Waals surface area contributed by atoms with Crippen LogP contribution in [-0.2, 0) is 24.6 Å². The summed E-state index contributed by atoms with van der Waals surface area (Å²) in [5, 5.41) is 5.41. The molecule has 1 N–H and O–H groups in total. The van der Waals surface area contributed by atoms with Gasteiger partial charge in [0.1, 0.15) is 12.4 Å². The van der Waals surface area contributed by atoms with Crippen molar-refractivity contribution >= 4 is 11.6 Å². The zero-order chi connectivity index (χ0) is 16.5. The molecule has 1 aromatic carbocycles. The van der Waals surface area contributed by atoms with Crippen molar-refractivity contribution in [3.63, 3.8) is 0 Å². The number of anilines is 1. The molecule has 0 bridgehead atoms. The molecule has 2 aromatic rings. The number of benzene rings is 1. The Morgan fingerprint density at radius 1 is 1.27 bits per heavy atom. The van der Waals surface area contributed by atoms with Crippen LogP contribution in [0.1, 0.15) is 5.82 Å². The Bertz CT molecular complexity index is 746. The highest BCUT2D eigenvalue weighted by molar-refractivity contribution is 5.90. The Hall–Kier alpha value is -2.65. The van der Waals surface area contributed by atoms with E-state index in [9.17, 15) is 27.2 Å². The molecule has 0 radical (unpaired) electrons. The molecule has 1 aromatic heterocycles. The Balaban J connectivity index is 2.15. The van der Waals surface area contributed by atoms with Gasteiger partial charge in [-0.05, 0) is 24.3 Å². The lowest BCUT2D eigenvalue weighted by atomic mass is 10.3. The lowest BCUT2D eigenvalue weighted by Crippen LogP contribution is -2.29. The van der Waals surface area contributed by atoms with Gasteiger partial charge in [-0.15, -0.1) is 5.10 Å². The van der Waals surface area contributed by atoms with Gasteiger partial charge in [0, 0.05) is 12.7 Å². The Kier molecular flexibility index (Phi) is 4.02. The molecule has 0 saturated heterocycles. The second-order valence-electron chi connectivity index (χ2n) is 4.38. The predicted octanol–water partition coefficient (Wildman–Crippen LogP) is 1.38. The molecule has 1 heterocycles. The van der Waals surface area contributed by atoms with E-state index in [0.29, 0.717) is 9.25 Å². The van der Waals surface area contributed by atoms with Crippen LogP contribution in [0.5, 0.6) is 0 Å². The van der Waals surface area contributed by atoms with Gasteiger partial charge in [0.2, 0.25) is 11.7 Å². The monoisotopic (exact) mass is 318 g/mol. The third-order valence-corrected chi connectivity index (χ3v) is 2.72. The molecule has 0 aliphatic carbocycles. The van der Waals surface area contributed by atoms with Gasteiger partial charge in [-0.1, -0.05) is 0 Å². The number of rotatable bonds is 3. The average Bonchev–Trinajstić information content (AvgIpc) is 2.69. The van der Waals surface area contributed by atoms with Crippen LogP contribution in [0.4, 0.5) is 23.2 Å². The van der Waals surface area contributed by atoms with Gasteiger partial charge >= 0.3 is 11.9 Å². The maximum absolute atomic E-state index is 12.7. The smallest absolute Gasteiger partial charge is 0.324 e. The second kappa shape index (κ2) is 5.62. The van der Waals surface area contributed by atoms with E-state index in [2.05, 4.69) is 10.4 Å². The Labute approximate surface area is 121 Å². The van der Waals surface area contributed by atoms with Crippen LogP contribution in [0, 0.1) is 5.82 Å². The van der Waals surface area contributed by atoms with Crippen LogP contribution in [0.3, 0.4) is 0 Å². The number of hydrogen-bond donors (Lipinski definition) is 1. The van der Waals surface area contributed by atoms with E-state index in [4.69, 9.17) is 0 Å². The van der Waals surface area contributed by atoms with Crippen LogP contribution in [0.25, 0.3) is 0 Å². The summed E-state index contributed by atoms with van der Waals surface area (Å²) >= 11 is 0. The van der Waals surface area contributed by atoms with E-state index >= 15 is 0 Å². The molecule has 0 aliphatic heterocycles. The minimum atomic E-state index is -4.80. The number of alkyl halides is 3. The number of nitrogens with zero attached hydrogens (tertiary/aromatic N) is 3. The number of aromatic nitrogens is 3. The van der Waals surface area contributed by atoms with Crippen molar-refractivity contribution in [1.82, 2.24) is 14.3 Å². The molecule has 2 rings (SSSR count). The molecule has 0 unspecified atom stereocenters. The lowest BCUT2D eigenvalue weighted by molar-refractivity contribution is -0.147. The summed E-state index contributed by atoms with van der Waals surface area (Å²) in [4.78, 5) is 23.3. The zero-order valence-corrected chi connectivity index (χ0v) is 11.2. The van der Waals surface area contributed by atoms with E-state index < -0.39 is 36.0 Å². The van der Waals surface area contributed by atoms with Gasteiger partial charge in [-0.3, -0.25) is 9.36 Å². The fourth-order valence-electron chi connectivity index (χ4n) is 1.71. The largest absolute Gasteiger partial charge is 0.451 e. The summed E-state index contributed by atoms with van der Waals surface area (Å²) in [5.74, 6) is -2.67. The van der Waals surface area contributed by atoms with Crippen LogP contribution in [0.2, 0.25) is 0 Å². The fourth-order valence-corrected chi connectivity index (χ4v) is 1.71. The third kappa shape index (κ3) is 3.32. The number of nitrogens with one attached hydrogen (secondary N) is 1. The summed E-state index contributed by atoms with van der Waals surface area (Å²) in [6.45, 7) is -0.694. The van der Waals surface area contributed by atoms with Gasteiger partial charge in [0.15, 0.2) is 0 Å². The van der Waals surface area contributed by atoms with E-state index in [-0.39, 0.29) is 5.69 Å². The maximum atomic E-state index is 12.7. The quantitative estimate of drug-likeness (QED) is 0.869. The third-order valence-electron chi connectivity index (χ3n) is 2.72. The highest BCUT2D eigenvalue weighted by atomic mass is 19.4. The molecular formula is C12H10F4N4O2. The van der Waals surface area contributed by atoms with Crippen molar-refractivity contribution < 1.29 is 22.4 Å². The first-order valence-corrected chi connectivity index (χ1v) is 5.95. The van der Waals surface area contributed by atoms with Crippen LogP contribution < -0.4 is 11.0 Å². The predicted molar refractivity (Wildman–Crippen MR) is 67.5 cm³/mol. The van der Waals surface area contributed by atoms with Gasteiger partial charge in [0.05, 0.1) is 0 Å². The molecule has 0 saturated carbocycles. The number of carbonyl (C=O) groups is 1. The summed E-state index contributed by atoms with van der Waals surface area (Å²) in [6.07, 6.45) is -4.80. The SMILES string of the molecule is Cn1c(C(F)(F)F)nn(CC(=O)Nc2ccc(F)cc2)c1=O. The molecule has 10 heteroatoms. The van der Waals surface area contributed by atoms with Gasteiger partial charge in [-0.25, -0.2) is 13.9 Å². The highest BCUT2D eigenvalue weighted by Crippen LogP contribution is 2.25. The first kappa shape index (κ1) is 15.7. The van der Waals surface area contributed by atoms with Gasteiger partial charge in [-0.2, -0.15) is 13.2 Å². The molecule has 0 atom stereocenters. The number of halogens is 4. The minimum Gasteiger partial charge on any atom is -0.324 e. The molecule has 118 valence electrons. The maximum Gasteiger partial charge on any atom is 0.451 e. The van der Waals surface area contributed by atoms with E-state index in [1.54, 1.807) is 0 Å². The van der Waals surface area contributed by atoms with E-state index in [1.165, 1.54) is 12.1 Å². The van der Waals surface area contributed by atoms with E-state index in [1.807, 2.05) is 0 Å². The standard InChI is InChI=1S/C12H10F4N4O2/c1-19-10(12(14,15)16)18-20(11(19)22)6-9(21)17-8-4-2-7(13)3-5-8/h2-5H,6H2,1H3,(H,17,21). The van der Waals surface area contributed by atoms with Gasteiger partial charge in [0.25, 0.3) is 0 Å². The first-order valence-electron chi connectivity index (χ1n) is 5.95. The number of hydrogen-bond acceptors (Lipinski definition) is 3. The first-order chi connectivity index (χ1) is 10.2. The molecule has 0 aliphatic rings. The van der Waals surface area contributed by atoms with Crippen molar-refractivity contribution in [2.75, 3.05) is 5.32 Å². The summed E-state index contributed by atoms with van der Waals surface area (Å²) in [7, 11) is 0.909. The van der Waals surface area contributed by atoms with E-state index in [0.717, 1.165) is 19.2 Å². The summed E-state index contributed by atoms with van der Waals surface area (Å²) < 4.78 is 51.2. The van der Waals surface area contributed by atoms with Crippen molar-refractivity contribution in [2.45, 2.75) is 12.7 Å². The van der Waals surface area contributed by atoms with Crippen molar-refractivity contribution in [3.8, 4) is 0 Å². The Morgan fingerprint density at radius 3 is 2.36 bits per heavy atom. The van der Waals surface area contributed by atoms with Crippen LogP contribution >= 0.6 is 0 Å². The van der Waals surface area contributed by atoms with Crippen molar-refractivity contribution in [3.05, 3.63) is 46.4 Å². The van der Waals surface area contributed by atoms with Crippen molar-refractivity contribution in [2.24, 2.45) is 7.05 Å². The summed E-state index contributed by atoms with van der Waals surface area (Å²) in [5.41, 5.74) is -0.826. The van der Waals surface area contributed by atoms with Crippen molar-refractivity contribution in [1.29, 1.82) is 0 Å². The fraction of sp³-hybridized carbons (Fsp3) is 0.250. The van der Waals surface area contributed by atoms with Gasteiger partial charge < -0.3 is 5.32 Å². The topological polar surface area (TPSA) is 68.9 Å². The Morgan fingerprint density at radius 2 is 1.86 bits per heavy atom. The molecule has 0 spiro atoms. The zero-order valence-electron chi connectivity index (χ0n) is 11.2. The highest BCUT2D eigenvalue weighted by Gasteiger charge is 2.38. The van der Waals surface area contributed by atoms with Crippen LogP contribution in [-0.4, -0.2) is 20.3 Å². The normalized spacial score (nSPS) is 11.5. The minimum absolute atomic E-state index is 0.242. The summed E-state index contributed by atoms with van der Waals surface area (Å²) in [6, 6.07) is 4.75. The van der Waals surface area contributed by atoms with Crippen LogP contribution in [0.15, 0.2) is 29.1 Å². The molecule has 6 nitrogen and oxygen atoms in total. The molecule has 22 heavy (non-hydrogen) atoms. The molecular weight excluding hydrogens is 308 g/mol. The average molecular weight is 318 g/mol. The second-order valence-corrected chi connectivity index (χ2v) is 4.38. The molecule has 0 fully saturated rings. The lowest BCUT2D eigenvalue weighted by Gasteiger charge is -2.04.